The second-order valence-corrected chi connectivity index (χ2v) is 6.75. The molecule has 2 N–H and O–H groups in total. The number of ether oxygens (including phenoxy) is 1. The van der Waals surface area contributed by atoms with Gasteiger partial charge in [-0.15, -0.1) is 0 Å². The Morgan fingerprint density at radius 3 is 2.67 bits per heavy atom. The number of nitrogens with one attached hydrogen (secondary N) is 2. The molecule has 27 heavy (non-hydrogen) atoms. The molecular formula is C18H20F2N6O. The summed E-state index contributed by atoms with van der Waals surface area (Å²) in [5.74, 6) is -0.601. The van der Waals surface area contributed by atoms with E-state index in [-0.39, 0.29) is 17.8 Å². The maximum atomic E-state index is 14.1. The topological polar surface area (TPSA) is 76.9 Å². The summed E-state index contributed by atoms with van der Waals surface area (Å²) in [5, 5.41) is 5.95. The van der Waals surface area contributed by atoms with E-state index in [1.807, 2.05) is 18.4 Å². The molecule has 1 aliphatic heterocycles. The second-order valence-electron chi connectivity index (χ2n) is 6.75. The van der Waals surface area contributed by atoms with E-state index < -0.39 is 11.6 Å². The third kappa shape index (κ3) is 3.42. The normalized spacial score (nSPS) is 17.0. The molecule has 1 fully saturated rings. The average Bonchev–Trinajstić information content (AvgIpc) is 3.24. The largest absolute Gasteiger partial charge is 0.379 e. The fourth-order valence-electron chi connectivity index (χ4n) is 3.11. The Morgan fingerprint density at radius 2 is 2.00 bits per heavy atom. The zero-order valence-corrected chi connectivity index (χ0v) is 15.0. The van der Waals surface area contributed by atoms with Crippen molar-refractivity contribution in [1.82, 2.24) is 19.5 Å². The second kappa shape index (κ2) is 7.07. The van der Waals surface area contributed by atoms with Crippen LogP contribution in [0.25, 0.3) is 11.2 Å². The number of aromatic nitrogens is 4. The van der Waals surface area contributed by atoms with Crippen LogP contribution >= 0.6 is 0 Å². The highest BCUT2D eigenvalue weighted by molar-refractivity contribution is 5.76. The van der Waals surface area contributed by atoms with E-state index in [1.165, 1.54) is 18.2 Å². The van der Waals surface area contributed by atoms with Gasteiger partial charge in [0.2, 0.25) is 11.9 Å². The lowest BCUT2D eigenvalue weighted by atomic mass is 10.2. The van der Waals surface area contributed by atoms with Crippen LogP contribution in [-0.4, -0.2) is 38.8 Å². The summed E-state index contributed by atoms with van der Waals surface area (Å²) in [6.07, 6.45) is 2.36. The number of hydrogen-bond donors (Lipinski definition) is 2. The predicted octanol–water partition coefficient (Wildman–Crippen LogP) is 3.63. The Bertz CT molecular complexity index is 948. The Balaban J connectivity index is 1.82. The highest BCUT2D eigenvalue weighted by Crippen LogP contribution is 2.31. The van der Waals surface area contributed by atoms with Crippen LogP contribution < -0.4 is 10.6 Å². The van der Waals surface area contributed by atoms with Crippen LogP contribution in [0, 0.1) is 11.6 Å². The van der Waals surface area contributed by atoms with E-state index in [9.17, 15) is 8.78 Å². The molecule has 9 heteroatoms. The molecule has 0 radical (unpaired) electrons. The summed E-state index contributed by atoms with van der Waals surface area (Å²) >= 11 is 0. The van der Waals surface area contributed by atoms with Crippen molar-refractivity contribution in [2.24, 2.45) is 0 Å². The van der Waals surface area contributed by atoms with Gasteiger partial charge in [-0.1, -0.05) is 6.07 Å². The van der Waals surface area contributed by atoms with Crippen LogP contribution in [0.4, 0.5) is 26.4 Å². The molecule has 0 aliphatic carbocycles. The molecule has 2 aromatic heterocycles. The molecule has 142 valence electrons. The maximum Gasteiger partial charge on any atom is 0.224 e. The van der Waals surface area contributed by atoms with Crippen molar-refractivity contribution >= 4 is 28.7 Å². The van der Waals surface area contributed by atoms with Crippen molar-refractivity contribution in [1.29, 1.82) is 0 Å². The Hall–Kier alpha value is -2.81. The minimum atomic E-state index is -0.690. The summed E-state index contributed by atoms with van der Waals surface area (Å²) in [5.41, 5.74) is 0.875. The SMILES string of the molecule is CC(C)Nc1ncc2nc(Nc3c(F)cccc3F)n(C3CCOC3)c2n1. The van der Waals surface area contributed by atoms with Gasteiger partial charge >= 0.3 is 0 Å². The monoisotopic (exact) mass is 374 g/mol. The molecule has 0 spiro atoms. The first-order chi connectivity index (χ1) is 13.0. The lowest BCUT2D eigenvalue weighted by Crippen LogP contribution is -2.15. The predicted molar refractivity (Wildman–Crippen MR) is 98.2 cm³/mol. The van der Waals surface area contributed by atoms with Crippen LogP contribution in [0.15, 0.2) is 24.4 Å². The van der Waals surface area contributed by atoms with E-state index in [0.29, 0.717) is 36.3 Å². The summed E-state index contributed by atoms with van der Waals surface area (Å²) < 4.78 is 35.5. The lowest BCUT2D eigenvalue weighted by molar-refractivity contribution is 0.187. The molecule has 1 aromatic carbocycles. The number of para-hydroxylation sites is 1. The minimum absolute atomic E-state index is 0.0332. The van der Waals surface area contributed by atoms with Crippen LogP contribution in [0.5, 0.6) is 0 Å². The number of hydrogen-bond acceptors (Lipinski definition) is 6. The highest BCUT2D eigenvalue weighted by atomic mass is 19.1. The van der Waals surface area contributed by atoms with Crippen molar-refractivity contribution < 1.29 is 13.5 Å². The van der Waals surface area contributed by atoms with Gasteiger partial charge in [0.15, 0.2) is 5.65 Å². The summed E-state index contributed by atoms with van der Waals surface area (Å²) in [4.78, 5) is 13.3. The van der Waals surface area contributed by atoms with Gasteiger partial charge in [0.25, 0.3) is 0 Å². The molecule has 3 heterocycles. The Labute approximate surface area is 154 Å². The lowest BCUT2D eigenvalue weighted by Gasteiger charge is -2.16. The number of rotatable bonds is 5. The van der Waals surface area contributed by atoms with Crippen LogP contribution in [-0.2, 0) is 4.74 Å². The molecular weight excluding hydrogens is 354 g/mol. The molecule has 4 rings (SSSR count). The molecule has 3 aromatic rings. The summed E-state index contributed by atoms with van der Waals surface area (Å²) in [6.45, 7) is 5.07. The maximum absolute atomic E-state index is 14.1. The molecule has 1 atom stereocenters. The van der Waals surface area contributed by atoms with Gasteiger partial charge in [-0.3, -0.25) is 4.57 Å². The third-order valence-corrected chi connectivity index (χ3v) is 4.32. The fourth-order valence-corrected chi connectivity index (χ4v) is 3.11. The number of fused-ring (bicyclic) bond motifs is 1. The Morgan fingerprint density at radius 1 is 1.22 bits per heavy atom. The van der Waals surface area contributed by atoms with E-state index in [2.05, 4.69) is 25.6 Å². The van der Waals surface area contributed by atoms with E-state index in [1.54, 1.807) is 6.20 Å². The van der Waals surface area contributed by atoms with Gasteiger partial charge < -0.3 is 15.4 Å². The number of nitrogens with zero attached hydrogens (tertiary/aromatic N) is 4. The number of imidazole rings is 1. The van der Waals surface area contributed by atoms with Crippen molar-refractivity contribution in [2.45, 2.75) is 32.4 Å². The van der Waals surface area contributed by atoms with Crippen molar-refractivity contribution in [2.75, 3.05) is 23.8 Å². The van der Waals surface area contributed by atoms with E-state index >= 15 is 0 Å². The first-order valence-electron chi connectivity index (χ1n) is 8.83. The van der Waals surface area contributed by atoms with Crippen molar-refractivity contribution in [3.8, 4) is 0 Å². The van der Waals surface area contributed by atoms with Gasteiger partial charge in [0.1, 0.15) is 22.8 Å². The van der Waals surface area contributed by atoms with E-state index in [4.69, 9.17) is 4.74 Å². The number of anilines is 3. The third-order valence-electron chi connectivity index (χ3n) is 4.32. The van der Waals surface area contributed by atoms with Gasteiger partial charge in [-0.05, 0) is 32.4 Å². The van der Waals surface area contributed by atoms with Crippen LogP contribution in [0.3, 0.4) is 0 Å². The highest BCUT2D eigenvalue weighted by Gasteiger charge is 2.25. The molecule has 1 unspecified atom stereocenters. The van der Waals surface area contributed by atoms with Crippen LogP contribution in [0.2, 0.25) is 0 Å². The molecule has 7 nitrogen and oxygen atoms in total. The van der Waals surface area contributed by atoms with Crippen molar-refractivity contribution in [3.05, 3.63) is 36.0 Å². The summed E-state index contributed by atoms with van der Waals surface area (Å²) in [7, 11) is 0. The molecule has 0 amide bonds. The molecule has 1 aliphatic rings. The average molecular weight is 374 g/mol. The minimum Gasteiger partial charge on any atom is -0.379 e. The van der Waals surface area contributed by atoms with Gasteiger partial charge in [-0.25, -0.2) is 18.7 Å². The van der Waals surface area contributed by atoms with Gasteiger partial charge in [0.05, 0.1) is 18.8 Å². The molecule has 0 bridgehead atoms. The fraction of sp³-hybridized carbons (Fsp3) is 0.389. The van der Waals surface area contributed by atoms with Crippen LogP contribution in [0.1, 0.15) is 26.3 Å². The zero-order valence-electron chi connectivity index (χ0n) is 15.0. The first-order valence-corrected chi connectivity index (χ1v) is 8.83. The van der Waals surface area contributed by atoms with Gasteiger partial charge in [0, 0.05) is 12.6 Å². The van der Waals surface area contributed by atoms with Gasteiger partial charge in [-0.2, -0.15) is 4.98 Å². The number of halogens is 2. The first kappa shape index (κ1) is 17.6. The zero-order chi connectivity index (χ0) is 19.0. The summed E-state index contributed by atoms with van der Waals surface area (Å²) in [6, 6.07) is 3.84. The standard InChI is InChI=1S/C18H20F2N6O/c1-10(2)22-17-21-8-14-16(25-17)26(11-6-7-27-9-11)18(23-14)24-15-12(19)4-3-5-13(15)20/h3-5,8,10-11H,6-7,9H2,1-2H3,(H,23,24)(H,21,22,25). The molecule has 1 saturated heterocycles. The Kier molecular flexibility index (Phi) is 4.61. The van der Waals surface area contributed by atoms with Crippen molar-refractivity contribution in [3.63, 3.8) is 0 Å². The molecule has 0 saturated carbocycles. The van der Waals surface area contributed by atoms with E-state index in [0.717, 1.165) is 6.42 Å². The smallest absolute Gasteiger partial charge is 0.224 e. The number of benzene rings is 1. The quantitative estimate of drug-likeness (QED) is 0.710.